The molecule has 26 heavy (non-hydrogen) atoms. The van der Waals surface area contributed by atoms with Crippen LogP contribution in [0.15, 0.2) is 23.3 Å². The number of esters is 1. The maximum absolute atomic E-state index is 12.8. The first kappa shape index (κ1) is 19.2. The standard InChI is InChI=1S/C18H18Cl3N3O2/c1-3-5-13-15(18(25)26-4-2)14(11-8-22-24-17(11)23-13)10-6-9(19)7-12(20)16(10)21/h6-8,14-15H,3-5H2,1-2H3,(H,22,24). The lowest BCUT2D eigenvalue weighted by molar-refractivity contribution is -0.146. The first-order valence-electron chi connectivity index (χ1n) is 8.39. The molecule has 1 aromatic heterocycles. The van der Waals surface area contributed by atoms with Crippen molar-refractivity contribution in [3.8, 4) is 0 Å². The van der Waals surface area contributed by atoms with Crippen LogP contribution in [0.1, 0.15) is 43.7 Å². The Balaban J connectivity index is 2.22. The number of carbonyl (C=O) groups is 1. The summed E-state index contributed by atoms with van der Waals surface area (Å²) >= 11 is 18.9. The van der Waals surface area contributed by atoms with Gasteiger partial charge in [0.25, 0.3) is 0 Å². The number of carbonyl (C=O) groups excluding carboxylic acids is 1. The van der Waals surface area contributed by atoms with Crippen LogP contribution in [-0.4, -0.2) is 28.5 Å². The number of aromatic nitrogens is 2. The highest BCUT2D eigenvalue weighted by Gasteiger charge is 2.42. The minimum absolute atomic E-state index is 0.281. The summed E-state index contributed by atoms with van der Waals surface area (Å²) in [6.07, 6.45) is 3.16. The number of aliphatic imine (C=N–C) groups is 1. The lowest BCUT2D eigenvalue weighted by Gasteiger charge is -2.31. The van der Waals surface area contributed by atoms with E-state index in [1.54, 1.807) is 25.3 Å². The lowest BCUT2D eigenvalue weighted by Crippen LogP contribution is -2.34. The van der Waals surface area contributed by atoms with E-state index in [2.05, 4.69) is 15.2 Å². The molecule has 0 radical (unpaired) electrons. The zero-order valence-electron chi connectivity index (χ0n) is 14.4. The third kappa shape index (κ3) is 3.48. The van der Waals surface area contributed by atoms with Crippen molar-refractivity contribution in [2.45, 2.75) is 32.6 Å². The summed E-state index contributed by atoms with van der Waals surface area (Å²) in [6.45, 7) is 4.09. The molecule has 2 atom stereocenters. The van der Waals surface area contributed by atoms with Gasteiger partial charge >= 0.3 is 5.97 Å². The van der Waals surface area contributed by atoms with Crippen LogP contribution in [0.3, 0.4) is 0 Å². The second kappa shape index (κ2) is 7.99. The minimum atomic E-state index is -0.605. The molecule has 0 bridgehead atoms. The Hall–Kier alpha value is -1.56. The molecular formula is C18H18Cl3N3O2. The number of fused-ring (bicyclic) bond motifs is 1. The van der Waals surface area contributed by atoms with Gasteiger partial charge in [0, 0.05) is 22.2 Å². The Bertz CT molecular complexity index is 863. The number of nitrogens with zero attached hydrogens (tertiary/aromatic N) is 2. The minimum Gasteiger partial charge on any atom is -0.465 e. The van der Waals surface area contributed by atoms with E-state index in [1.807, 2.05) is 6.92 Å². The molecule has 0 saturated heterocycles. The van der Waals surface area contributed by atoms with E-state index in [0.29, 0.717) is 32.9 Å². The Labute approximate surface area is 166 Å². The number of rotatable bonds is 5. The molecule has 2 unspecified atom stereocenters. The Morgan fingerprint density at radius 3 is 2.69 bits per heavy atom. The zero-order valence-corrected chi connectivity index (χ0v) is 16.6. The van der Waals surface area contributed by atoms with Crippen molar-refractivity contribution in [2.75, 3.05) is 6.61 Å². The molecule has 2 heterocycles. The summed E-state index contributed by atoms with van der Waals surface area (Å²) < 4.78 is 5.34. The van der Waals surface area contributed by atoms with Crippen molar-refractivity contribution in [2.24, 2.45) is 10.9 Å². The molecule has 5 nitrogen and oxygen atoms in total. The highest BCUT2D eigenvalue weighted by molar-refractivity contribution is 6.43. The van der Waals surface area contributed by atoms with Gasteiger partial charge in [-0.2, -0.15) is 5.10 Å². The van der Waals surface area contributed by atoms with Gasteiger partial charge in [-0.25, -0.2) is 4.99 Å². The second-order valence-corrected chi connectivity index (χ2v) is 7.25. The molecule has 1 aliphatic rings. The Morgan fingerprint density at radius 1 is 1.23 bits per heavy atom. The largest absolute Gasteiger partial charge is 0.465 e. The third-order valence-corrected chi connectivity index (χ3v) is 5.37. The predicted octanol–water partition coefficient (Wildman–Crippen LogP) is 5.57. The molecule has 3 rings (SSSR count). The number of nitrogens with one attached hydrogen (secondary N) is 1. The second-order valence-electron chi connectivity index (χ2n) is 6.03. The van der Waals surface area contributed by atoms with Crippen LogP contribution in [-0.2, 0) is 9.53 Å². The fourth-order valence-electron chi connectivity index (χ4n) is 3.31. The third-order valence-electron chi connectivity index (χ3n) is 4.33. The number of benzene rings is 1. The molecule has 2 aromatic rings. The van der Waals surface area contributed by atoms with E-state index >= 15 is 0 Å². The fourth-order valence-corrected chi connectivity index (χ4v) is 4.05. The first-order valence-corrected chi connectivity index (χ1v) is 9.53. The molecule has 1 N–H and O–H groups in total. The van der Waals surface area contributed by atoms with Crippen LogP contribution in [0.4, 0.5) is 5.82 Å². The summed E-state index contributed by atoms with van der Waals surface area (Å²) in [4.78, 5) is 17.5. The van der Waals surface area contributed by atoms with E-state index in [0.717, 1.165) is 17.7 Å². The average Bonchev–Trinajstić information content (AvgIpc) is 3.05. The zero-order chi connectivity index (χ0) is 18.8. The van der Waals surface area contributed by atoms with Crippen LogP contribution in [0.5, 0.6) is 0 Å². The van der Waals surface area contributed by atoms with Gasteiger partial charge in [0.2, 0.25) is 0 Å². The summed E-state index contributed by atoms with van der Waals surface area (Å²) in [7, 11) is 0. The summed E-state index contributed by atoms with van der Waals surface area (Å²) in [5.74, 6) is -0.757. The van der Waals surface area contributed by atoms with Gasteiger partial charge in [-0.1, -0.05) is 48.1 Å². The number of H-pyrrole nitrogens is 1. The van der Waals surface area contributed by atoms with Gasteiger partial charge < -0.3 is 4.74 Å². The normalized spacial score (nSPS) is 19.0. The maximum Gasteiger partial charge on any atom is 0.315 e. The van der Waals surface area contributed by atoms with Gasteiger partial charge in [0.15, 0.2) is 5.82 Å². The van der Waals surface area contributed by atoms with Crippen LogP contribution in [0.25, 0.3) is 0 Å². The van der Waals surface area contributed by atoms with E-state index in [1.165, 1.54) is 0 Å². The van der Waals surface area contributed by atoms with Crippen molar-refractivity contribution in [3.63, 3.8) is 0 Å². The molecule has 0 aliphatic carbocycles. The van der Waals surface area contributed by atoms with E-state index in [9.17, 15) is 4.79 Å². The molecule has 8 heteroatoms. The molecular weight excluding hydrogens is 397 g/mol. The average molecular weight is 415 g/mol. The Morgan fingerprint density at radius 2 is 2.00 bits per heavy atom. The number of halogens is 3. The predicted molar refractivity (Wildman–Crippen MR) is 104 cm³/mol. The van der Waals surface area contributed by atoms with Crippen LogP contribution in [0, 0.1) is 5.92 Å². The Kier molecular flexibility index (Phi) is 5.90. The highest BCUT2D eigenvalue weighted by Crippen LogP contribution is 2.46. The van der Waals surface area contributed by atoms with Gasteiger partial charge in [-0.3, -0.25) is 9.89 Å². The molecule has 0 saturated carbocycles. The monoisotopic (exact) mass is 413 g/mol. The van der Waals surface area contributed by atoms with E-state index in [-0.39, 0.29) is 12.6 Å². The topological polar surface area (TPSA) is 67.3 Å². The smallest absolute Gasteiger partial charge is 0.315 e. The summed E-state index contributed by atoms with van der Waals surface area (Å²) in [5.41, 5.74) is 2.16. The summed E-state index contributed by atoms with van der Waals surface area (Å²) in [5, 5.41) is 8.12. The quantitative estimate of drug-likeness (QED) is 0.514. The highest BCUT2D eigenvalue weighted by atomic mass is 35.5. The van der Waals surface area contributed by atoms with Crippen LogP contribution in [0.2, 0.25) is 15.1 Å². The first-order chi connectivity index (χ1) is 12.5. The van der Waals surface area contributed by atoms with Gasteiger partial charge in [0.1, 0.15) is 5.92 Å². The molecule has 1 aliphatic heterocycles. The lowest BCUT2D eigenvalue weighted by atomic mass is 9.76. The van der Waals surface area contributed by atoms with Crippen molar-refractivity contribution in [1.82, 2.24) is 10.2 Å². The van der Waals surface area contributed by atoms with E-state index in [4.69, 9.17) is 39.5 Å². The number of ether oxygens (including phenoxy) is 1. The molecule has 0 spiro atoms. The van der Waals surface area contributed by atoms with Crippen LogP contribution >= 0.6 is 34.8 Å². The van der Waals surface area contributed by atoms with Crippen molar-refractivity contribution >= 4 is 52.3 Å². The summed E-state index contributed by atoms with van der Waals surface area (Å²) in [6, 6.07) is 3.31. The van der Waals surface area contributed by atoms with Crippen molar-refractivity contribution < 1.29 is 9.53 Å². The SMILES string of the molecule is CCCC1=Nc2[nH]ncc2C(c2cc(Cl)cc(Cl)c2Cl)C1C(=O)OCC. The molecule has 0 fully saturated rings. The molecule has 1 aromatic carbocycles. The number of hydrogen-bond donors (Lipinski definition) is 1. The number of aromatic amines is 1. The van der Waals surface area contributed by atoms with Crippen molar-refractivity contribution in [1.29, 1.82) is 0 Å². The van der Waals surface area contributed by atoms with Gasteiger partial charge in [0.05, 0.1) is 22.8 Å². The molecule has 0 amide bonds. The molecule has 138 valence electrons. The number of hydrogen-bond acceptors (Lipinski definition) is 4. The van der Waals surface area contributed by atoms with Gasteiger partial charge in [-0.05, 0) is 31.0 Å². The fraction of sp³-hybridized carbons (Fsp3) is 0.389. The van der Waals surface area contributed by atoms with Crippen LogP contribution < -0.4 is 0 Å². The maximum atomic E-state index is 12.8. The van der Waals surface area contributed by atoms with Crippen molar-refractivity contribution in [3.05, 3.63) is 44.5 Å². The van der Waals surface area contributed by atoms with Gasteiger partial charge in [-0.15, -0.1) is 0 Å². The van der Waals surface area contributed by atoms with E-state index < -0.39 is 11.8 Å².